The van der Waals surface area contributed by atoms with E-state index < -0.39 is 0 Å². The number of rotatable bonds is 4. The van der Waals surface area contributed by atoms with Gasteiger partial charge in [-0.25, -0.2) is 0 Å². The Morgan fingerprint density at radius 3 is 2.67 bits per heavy atom. The number of ether oxygens (including phenoxy) is 1. The molecule has 0 fully saturated rings. The van der Waals surface area contributed by atoms with Gasteiger partial charge in [-0.2, -0.15) is 0 Å². The number of aryl methyl sites for hydroxylation is 1. The molecule has 0 atom stereocenters. The first-order chi connectivity index (χ1) is 7.15. The second-order valence-corrected chi connectivity index (χ2v) is 4.06. The van der Waals surface area contributed by atoms with Crippen molar-refractivity contribution in [2.24, 2.45) is 5.73 Å². The Morgan fingerprint density at radius 2 is 2.20 bits per heavy atom. The number of hydrogen-bond acceptors (Lipinski definition) is 3. The van der Waals surface area contributed by atoms with E-state index in [1.807, 2.05) is 6.07 Å². The Morgan fingerprint density at radius 1 is 1.53 bits per heavy atom. The molecule has 0 aromatic heterocycles. The normalized spacial score (nSPS) is 10.4. The van der Waals surface area contributed by atoms with Gasteiger partial charge in [0.05, 0.1) is 7.11 Å². The van der Waals surface area contributed by atoms with Crippen LogP contribution in [-0.4, -0.2) is 18.8 Å². The molecule has 4 heteroatoms. The number of phenolic OH excluding ortho intramolecular Hbond substituents is 1. The van der Waals surface area contributed by atoms with Crippen LogP contribution in [0.5, 0.6) is 11.5 Å². The summed E-state index contributed by atoms with van der Waals surface area (Å²) in [7, 11) is 1.55. The summed E-state index contributed by atoms with van der Waals surface area (Å²) in [5.41, 5.74) is 7.45. The zero-order chi connectivity index (χ0) is 11.4. The minimum atomic E-state index is 0.187. The number of methoxy groups -OCH3 is 1. The first kappa shape index (κ1) is 12.3. The van der Waals surface area contributed by atoms with Crippen molar-refractivity contribution in [3.05, 3.63) is 21.7 Å². The van der Waals surface area contributed by atoms with Crippen molar-refractivity contribution in [3.63, 3.8) is 0 Å². The molecule has 0 unspecified atom stereocenters. The molecule has 1 aromatic carbocycles. The average molecular weight is 274 g/mol. The molecule has 0 aliphatic carbocycles. The largest absolute Gasteiger partial charge is 0.504 e. The monoisotopic (exact) mass is 273 g/mol. The van der Waals surface area contributed by atoms with Gasteiger partial charge < -0.3 is 15.6 Å². The molecule has 1 rings (SSSR count). The molecule has 15 heavy (non-hydrogen) atoms. The lowest BCUT2D eigenvalue weighted by Gasteiger charge is -2.14. The molecule has 3 nitrogen and oxygen atoms in total. The van der Waals surface area contributed by atoms with Crippen LogP contribution in [0.3, 0.4) is 0 Å². The van der Waals surface area contributed by atoms with Gasteiger partial charge in [-0.15, -0.1) is 0 Å². The molecule has 0 aliphatic heterocycles. The molecule has 0 bridgehead atoms. The maximum atomic E-state index is 9.91. The van der Waals surface area contributed by atoms with Crippen LogP contribution in [0.1, 0.15) is 18.1 Å². The summed E-state index contributed by atoms with van der Waals surface area (Å²) in [6, 6.07) is 1.85. The summed E-state index contributed by atoms with van der Waals surface area (Å²) in [4.78, 5) is 0. The van der Waals surface area contributed by atoms with Crippen molar-refractivity contribution in [3.8, 4) is 11.5 Å². The topological polar surface area (TPSA) is 55.5 Å². The number of benzene rings is 1. The standard InChI is InChI=1S/C11H16BrNO2/c1-3-7-6-9(15-2)11(14)8(4-5-13)10(7)12/h6,14H,3-5,13H2,1-2H3. The lowest BCUT2D eigenvalue weighted by Crippen LogP contribution is -2.05. The zero-order valence-corrected chi connectivity index (χ0v) is 10.6. The molecule has 1 aromatic rings. The number of hydrogen-bond donors (Lipinski definition) is 2. The van der Waals surface area contributed by atoms with E-state index in [0.717, 1.165) is 22.0 Å². The quantitative estimate of drug-likeness (QED) is 0.885. The Balaban J connectivity index is 3.32. The number of halogens is 1. The average Bonchev–Trinajstić information content (AvgIpc) is 2.25. The van der Waals surface area contributed by atoms with Crippen LogP contribution in [0.15, 0.2) is 10.5 Å². The highest BCUT2D eigenvalue weighted by Crippen LogP contribution is 2.38. The van der Waals surface area contributed by atoms with Crippen LogP contribution in [-0.2, 0) is 12.8 Å². The predicted octanol–water partition coefficient (Wildman–Crippen LogP) is 2.23. The van der Waals surface area contributed by atoms with Crippen molar-refractivity contribution in [1.82, 2.24) is 0 Å². The summed E-state index contributed by atoms with van der Waals surface area (Å²) >= 11 is 3.49. The molecule has 0 heterocycles. The molecule has 3 N–H and O–H groups in total. The molecule has 0 spiro atoms. The third-order valence-electron chi connectivity index (χ3n) is 2.37. The molecular formula is C11H16BrNO2. The highest BCUT2D eigenvalue weighted by atomic mass is 79.9. The van der Waals surface area contributed by atoms with E-state index >= 15 is 0 Å². The predicted molar refractivity (Wildman–Crippen MR) is 64.5 cm³/mol. The number of phenols is 1. The van der Waals surface area contributed by atoms with E-state index in [1.54, 1.807) is 7.11 Å². The van der Waals surface area contributed by atoms with Gasteiger partial charge in [0.1, 0.15) is 0 Å². The van der Waals surface area contributed by atoms with Gasteiger partial charge in [0.15, 0.2) is 11.5 Å². The summed E-state index contributed by atoms with van der Waals surface area (Å²) in [6.45, 7) is 2.56. The Hall–Kier alpha value is -0.740. The van der Waals surface area contributed by atoms with Crippen molar-refractivity contribution >= 4 is 15.9 Å². The molecular weight excluding hydrogens is 258 g/mol. The minimum Gasteiger partial charge on any atom is -0.504 e. The van der Waals surface area contributed by atoms with Crippen LogP contribution in [0.4, 0.5) is 0 Å². The third kappa shape index (κ3) is 2.44. The molecule has 0 saturated heterocycles. The SMILES string of the molecule is CCc1cc(OC)c(O)c(CCN)c1Br. The first-order valence-electron chi connectivity index (χ1n) is 4.92. The fraction of sp³-hybridized carbons (Fsp3) is 0.455. The summed E-state index contributed by atoms with van der Waals surface area (Å²) in [5.74, 6) is 0.700. The van der Waals surface area contributed by atoms with Crippen molar-refractivity contribution in [2.45, 2.75) is 19.8 Å². The first-order valence-corrected chi connectivity index (χ1v) is 5.72. The van der Waals surface area contributed by atoms with Crippen molar-refractivity contribution in [2.75, 3.05) is 13.7 Å². The Kier molecular flexibility index (Phi) is 4.42. The molecule has 0 amide bonds. The highest BCUT2D eigenvalue weighted by Gasteiger charge is 2.14. The van der Waals surface area contributed by atoms with E-state index in [-0.39, 0.29) is 5.75 Å². The van der Waals surface area contributed by atoms with Gasteiger partial charge in [0.2, 0.25) is 0 Å². The maximum Gasteiger partial charge on any atom is 0.162 e. The fourth-order valence-corrected chi connectivity index (χ4v) is 2.30. The summed E-state index contributed by atoms with van der Waals surface area (Å²) in [6.07, 6.45) is 1.52. The molecule has 0 aliphatic rings. The minimum absolute atomic E-state index is 0.187. The van der Waals surface area contributed by atoms with Crippen LogP contribution >= 0.6 is 15.9 Å². The smallest absolute Gasteiger partial charge is 0.162 e. The molecule has 0 radical (unpaired) electrons. The molecule has 0 saturated carbocycles. The van der Waals surface area contributed by atoms with Crippen molar-refractivity contribution < 1.29 is 9.84 Å². The van der Waals surface area contributed by atoms with Crippen LogP contribution in [0.25, 0.3) is 0 Å². The highest BCUT2D eigenvalue weighted by molar-refractivity contribution is 9.10. The summed E-state index contributed by atoms with van der Waals surface area (Å²) in [5, 5.41) is 9.91. The van der Waals surface area contributed by atoms with Gasteiger partial charge in [-0.3, -0.25) is 0 Å². The Bertz CT molecular complexity index is 325. The fourth-order valence-electron chi connectivity index (χ4n) is 1.52. The third-order valence-corrected chi connectivity index (χ3v) is 3.35. The van der Waals surface area contributed by atoms with E-state index in [0.29, 0.717) is 18.7 Å². The maximum absolute atomic E-state index is 9.91. The van der Waals surface area contributed by atoms with Crippen LogP contribution < -0.4 is 10.5 Å². The van der Waals surface area contributed by atoms with Crippen LogP contribution in [0.2, 0.25) is 0 Å². The number of aromatic hydroxyl groups is 1. The lowest BCUT2D eigenvalue weighted by atomic mass is 10.0. The van der Waals surface area contributed by atoms with Crippen molar-refractivity contribution in [1.29, 1.82) is 0 Å². The van der Waals surface area contributed by atoms with Gasteiger partial charge in [0.25, 0.3) is 0 Å². The zero-order valence-electron chi connectivity index (χ0n) is 9.01. The lowest BCUT2D eigenvalue weighted by molar-refractivity contribution is 0.369. The number of nitrogens with two attached hydrogens (primary N) is 1. The van der Waals surface area contributed by atoms with Gasteiger partial charge in [0, 0.05) is 10.0 Å². The second-order valence-electron chi connectivity index (χ2n) is 3.27. The van der Waals surface area contributed by atoms with E-state index in [4.69, 9.17) is 10.5 Å². The molecule has 84 valence electrons. The summed E-state index contributed by atoms with van der Waals surface area (Å²) < 4.78 is 6.06. The van der Waals surface area contributed by atoms with Gasteiger partial charge in [-0.05, 0) is 31.0 Å². The van der Waals surface area contributed by atoms with E-state index in [9.17, 15) is 5.11 Å². The Labute approximate surface area is 98.4 Å². The second kappa shape index (κ2) is 5.37. The van der Waals surface area contributed by atoms with Crippen LogP contribution in [0, 0.1) is 0 Å². The van der Waals surface area contributed by atoms with E-state index in [2.05, 4.69) is 22.9 Å². The van der Waals surface area contributed by atoms with E-state index in [1.165, 1.54) is 0 Å². The van der Waals surface area contributed by atoms with Gasteiger partial charge >= 0.3 is 0 Å². The van der Waals surface area contributed by atoms with Gasteiger partial charge in [-0.1, -0.05) is 22.9 Å².